The first kappa shape index (κ1) is 24.2. The summed E-state index contributed by atoms with van der Waals surface area (Å²) in [5.41, 5.74) is 5.07. The summed E-state index contributed by atoms with van der Waals surface area (Å²) in [6.07, 6.45) is 4.64. The molecule has 4 nitrogen and oxygen atoms in total. The first-order chi connectivity index (χ1) is 16.2. The van der Waals surface area contributed by atoms with Gasteiger partial charge >= 0.3 is 0 Å². The predicted molar refractivity (Wildman–Crippen MR) is 139 cm³/mol. The van der Waals surface area contributed by atoms with Crippen LogP contribution < -0.4 is 20.4 Å². The van der Waals surface area contributed by atoms with Crippen LogP contribution >= 0.6 is 0 Å². The first-order valence-corrected chi connectivity index (χ1v) is 11.6. The Kier molecular flexibility index (Phi) is 9.65. The second-order valence-electron chi connectivity index (χ2n) is 7.93. The van der Waals surface area contributed by atoms with Gasteiger partial charge in [0.25, 0.3) is 0 Å². The van der Waals surface area contributed by atoms with Crippen molar-refractivity contribution in [1.82, 2.24) is 9.97 Å². The molecular weight excluding hydrogens is 407 g/mol. The number of hydrogen-bond donors (Lipinski definition) is 1. The Labute approximate surface area is 198 Å². The molecule has 1 atom stereocenters. The zero-order valence-corrected chi connectivity index (χ0v) is 19.8. The van der Waals surface area contributed by atoms with Crippen LogP contribution in [-0.2, 0) is 6.42 Å². The van der Waals surface area contributed by atoms with E-state index < -0.39 is 0 Å². The van der Waals surface area contributed by atoms with Crippen molar-refractivity contribution in [2.75, 3.05) is 13.2 Å². The summed E-state index contributed by atoms with van der Waals surface area (Å²) in [4.78, 5) is 7.14. The van der Waals surface area contributed by atoms with Gasteiger partial charge in [-0.05, 0) is 56.0 Å². The number of imidazole rings is 1. The second-order valence-corrected chi connectivity index (χ2v) is 7.93. The predicted octanol–water partition coefficient (Wildman–Crippen LogP) is 4.63. The normalized spacial score (nSPS) is 11.1. The van der Waals surface area contributed by atoms with Crippen LogP contribution in [0, 0.1) is 0 Å². The molecule has 0 saturated carbocycles. The Morgan fingerprint density at radius 1 is 0.818 bits per heavy atom. The molecule has 1 N–H and O–H groups in total. The maximum atomic E-state index is 5.52. The molecule has 0 aliphatic carbocycles. The molecule has 0 fully saturated rings. The van der Waals surface area contributed by atoms with Gasteiger partial charge in [-0.2, -0.15) is 0 Å². The third-order valence-corrected chi connectivity index (χ3v) is 5.28. The van der Waals surface area contributed by atoms with Crippen LogP contribution in [0.15, 0.2) is 91.4 Å². The number of hydrogen-bond acceptors (Lipinski definition) is 3. The van der Waals surface area contributed by atoms with Crippen molar-refractivity contribution < 1.29 is 9.47 Å². The molecule has 1 unspecified atom stereocenters. The van der Waals surface area contributed by atoms with Crippen LogP contribution in [0.3, 0.4) is 0 Å². The molecule has 0 spiro atoms. The number of aromatic amines is 1. The van der Waals surface area contributed by atoms with E-state index in [1.165, 1.54) is 22.2 Å². The minimum Gasteiger partial charge on any atom is -0.494 e. The van der Waals surface area contributed by atoms with E-state index in [0.29, 0.717) is 19.1 Å². The Hall–Kier alpha value is -3.47. The summed E-state index contributed by atoms with van der Waals surface area (Å²) in [6.45, 7) is 7.62. The van der Waals surface area contributed by atoms with Crippen LogP contribution in [0.25, 0.3) is 0 Å². The molecule has 4 rings (SSSR count). The van der Waals surface area contributed by atoms with Crippen LogP contribution in [-0.4, -0.2) is 30.5 Å². The van der Waals surface area contributed by atoms with Crippen LogP contribution in [0.5, 0.6) is 11.5 Å². The number of aromatic nitrogens is 2. The average molecular weight is 440 g/mol. The lowest BCUT2D eigenvalue weighted by Crippen LogP contribution is -2.26. The highest BCUT2D eigenvalue weighted by atomic mass is 16.5. The SMILES string of the molecule is CC(Cc1cnc[nH]1)c1ccccc1.CCOc1cccc(Bc2cccc(OCC)c2)c1. The lowest BCUT2D eigenvalue weighted by Gasteiger charge is -2.09. The quantitative estimate of drug-likeness (QED) is 0.386. The minimum absolute atomic E-state index is 0.539. The minimum atomic E-state index is 0.539. The van der Waals surface area contributed by atoms with E-state index in [2.05, 4.69) is 65.4 Å². The molecular formula is C28H33BN2O2. The van der Waals surface area contributed by atoms with Crippen molar-refractivity contribution in [3.05, 3.63) is 103 Å². The maximum Gasteiger partial charge on any atom is 0.192 e. The van der Waals surface area contributed by atoms with Crippen molar-refractivity contribution in [2.45, 2.75) is 33.1 Å². The largest absolute Gasteiger partial charge is 0.494 e. The molecule has 0 radical (unpaired) electrons. The van der Waals surface area contributed by atoms with E-state index in [9.17, 15) is 0 Å². The smallest absolute Gasteiger partial charge is 0.192 e. The van der Waals surface area contributed by atoms with Gasteiger partial charge in [-0.3, -0.25) is 0 Å². The molecule has 0 saturated heterocycles. The number of nitrogens with one attached hydrogen (secondary N) is 1. The number of H-pyrrole nitrogens is 1. The van der Waals surface area contributed by atoms with Gasteiger partial charge in [-0.25, -0.2) is 4.98 Å². The van der Waals surface area contributed by atoms with E-state index in [1.807, 2.05) is 50.4 Å². The Bertz CT molecular complexity index is 1020. The zero-order valence-electron chi connectivity index (χ0n) is 19.8. The summed E-state index contributed by atoms with van der Waals surface area (Å²) in [7, 11) is 0.891. The standard InChI is InChI=1S/C16H19BO2.C12H14N2/c1-3-18-15-9-5-7-13(11-15)17-14-8-6-10-16(12-14)19-4-2;1-10(7-12-8-13-9-14-12)11-5-3-2-4-6-11/h5-12,17H,3-4H2,1-2H3;2-6,8-10H,7H2,1H3,(H,13,14). The van der Waals surface area contributed by atoms with Crippen molar-refractivity contribution in [1.29, 1.82) is 0 Å². The number of nitrogens with zero attached hydrogens (tertiary/aromatic N) is 1. The molecule has 3 aromatic carbocycles. The highest BCUT2D eigenvalue weighted by Gasteiger charge is 2.06. The van der Waals surface area contributed by atoms with Gasteiger partial charge in [0.1, 0.15) is 11.5 Å². The molecule has 0 aliphatic rings. The summed E-state index contributed by atoms with van der Waals surface area (Å²) in [5, 5.41) is 0. The van der Waals surface area contributed by atoms with E-state index in [0.717, 1.165) is 25.2 Å². The molecule has 0 bridgehead atoms. The molecule has 4 aromatic rings. The van der Waals surface area contributed by atoms with Crippen molar-refractivity contribution in [3.63, 3.8) is 0 Å². The topological polar surface area (TPSA) is 47.1 Å². The highest BCUT2D eigenvalue weighted by Crippen LogP contribution is 2.18. The van der Waals surface area contributed by atoms with Crippen LogP contribution in [0.1, 0.15) is 37.9 Å². The number of benzene rings is 3. The molecule has 1 heterocycles. The highest BCUT2D eigenvalue weighted by molar-refractivity contribution is 6.67. The molecule has 0 amide bonds. The van der Waals surface area contributed by atoms with E-state index in [1.54, 1.807) is 6.33 Å². The zero-order chi connectivity index (χ0) is 23.3. The maximum absolute atomic E-state index is 5.52. The summed E-state index contributed by atoms with van der Waals surface area (Å²) in [5.74, 6) is 2.40. The lowest BCUT2D eigenvalue weighted by molar-refractivity contribution is 0.340. The third-order valence-electron chi connectivity index (χ3n) is 5.28. The summed E-state index contributed by atoms with van der Waals surface area (Å²) in [6, 6.07) is 27.0. The monoisotopic (exact) mass is 440 g/mol. The average Bonchev–Trinajstić information content (AvgIpc) is 3.34. The second kappa shape index (κ2) is 13.2. The lowest BCUT2D eigenvalue weighted by atomic mass is 9.64. The van der Waals surface area contributed by atoms with Gasteiger partial charge in [0.2, 0.25) is 0 Å². The molecule has 0 aliphatic heterocycles. The van der Waals surface area contributed by atoms with Gasteiger partial charge in [0.05, 0.1) is 19.5 Å². The van der Waals surface area contributed by atoms with Crippen molar-refractivity contribution in [3.8, 4) is 11.5 Å². The van der Waals surface area contributed by atoms with E-state index in [-0.39, 0.29) is 0 Å². The third kappa shape index (κ3) is 8.19. The van der Waals surface area contributed by atoms with Crippen LogP contribution in [0.4, 0.5) is 0 Å². The fourth-order valence-electron chi connectivity index (χ4n) is 3.69. The Morgan fingerprint density at radius 2 is 1.42 bits per heavy atom. The molecule has 33 heavy (non-hydrogen) atoms. The summed E-state index contributed by atoms with van der Waals surface area (Å²) >= 11 is 0. The van der Waals surface area contributed by atoms with E-state index >= 15 is 0 Å². The van der Waals surface area contributed by atoms with Crippen molar-refractivity contribution >= 4 is 18.2 Å². The van der Waals surface area contributed by atoms with E-state index in [4.69, 9.17) is 9.47 Å². The Balaban J connectivity index is 0.000000194. The Morgan fingerprint density at radius 3 is 1.94 bits per heavy atom. The fourth-order valence-corrected chi connectivity index (χ4v) is 3.69. The van der Waals surface area contributed by atoms with Crippen LogP contribution in [0.2, 0.25) is 0 Å². The van der Waals surface area contributed by atoms with Gasteiger partial charge in [-0.15, -0.1) is 0 Å². The molecule has 170 valence electrons. The molecule has 1 aromatic heterocycles. The fraction of sp³-hybridized carbons (Fsp3) is 0.250. The van der Waals surface area contributed by atoms with Crippen molar-refractivity contribution in [2.24, 2.45) is 0 Å². The number of rotatable bonds is 9. The molecule has 5 heteroatoms. The van der Waals surface area contributed by atoms with Gasteiger partial charge in [0, 0.05) is 11.9 Å². The van der Waals surface area contributed by atoms with Gasteiger partial charge in [0.15, 0.2) is 7.28 Å². The van der Waals surface area contributed by atoms with Gasteiger partial charge < -0.3 is 14.5 Å². The number of ether oxygens (including phenoxy) is 2. The first-order valence-electron chi connectivity index (χ1n) is 11.6. The summed E-state index contributed by atoms with van der Waals surface area (Å²) < 4.78 is 11.0. The van der Waals surface area contributed by atoms with Gasteiger partial charge in [-0.1, -0.05) is 72.4 Å².